The largest absolute Gasteiger partial charge is 0.349 e. The number of benzene rings is 3. The Bertz CT molecular complexity index is 1220. The van der Waals surface area contributed by atoms with Crippen LogP contribution < -0.4 is 5.32 Å². The van der Waals surface area contributed by atoms with Crippen LogP contribution in [0.4, 0.5) is 0 Å². The highest BCUT2D eigenvalue weighted by Crippen LogP contribution is 2.48. The first kappa shape index (κ1) is 36.2. The van der Waals surface area contributed by atoms with E-state index in [1.807, 2.05) is 36.7 Å². The Kier molecular flexibility index (Phi) is 14.5. The Morgan fingerprint density at radius 2 is 1.33 bits per heavy atom. The standard InChI is InChI=1S/C40H54N2O2S/c1-8-31(4)39(44)42(7)26-25-30(3)27-32(5)33(6)28-38(43)41-37(9-2)29-45-40(34-19-13-10-14-20-34,35-21-15-11-16-22-35)36-23-17-12-18-24-36/h9-24,30-33,37H,2,8,25-29H2,1,3-7H3,(H,41,43)/t30-,31-,32+,33+,37-/m1/s1. The summed E-state index contributed by atoms with van der Waals surface area (Å²) in [5.41, 5.74) is 3.61. The van der Waals surface area contributed by atoms with E-state index >= 15 is 0 Å². The van der Waals surface area contributed by atoms with Crippen LogP contribution >= 0.6 is 11.8 Å². The summed E-state index contributed by atoms with van der Waals surface area (Å²) in [5, 5.41) is 3.28. The predicted octanol–water partition coefficient (Wildman–Crippen LogP) is 8.97. The maximum absolute atomic E-state index is 13.3. The van der Waals surface area contributed by atoms with E-state index in [1.54, 1.807) is 0 Å². The summed E-state index contributed by atoms with van der Waals surface area (Å²) in [4.78, 5) is 27.6. The zero-order valence-electron chi connectivity index (χ0n) is 28.2. The number of rotatable bonds is 18. The van der Waals surface area contributed by atoms with Crippen LogP contribution in [0.25, 0.3) is 0 Å². The van der Waals surface area contributed by atoms with E-state index in [0.717, 1.165) is 25.8 Å². The van der Waals surface area contributed by atoms with Crippen molar-refractivity contribution in [3.63, 3.8) is 0 Å². The third kappa shape index (κ3) is 10.1. The SMILES string of the molecule is C=C[C@H](CSC(c1ccccc1)(c1ccccc1)c1ccccc1)NC(=O)C[C@H](C)[C@@H](C)C[C@H](C)CCN(C)C(=O)[C@H](C)CC. The second-order valence-corrected chi connectivity index (χ2v) is 14.1. The molecular weight excluding hydrogens is 573 g/mol. The average Bonchev–Trinajstić information content (AvgIpc) is 3.07. The van der Waals surface area contributed by atoms with Gasteiger partial charge in [-0.25, -0.2) is 0 Å². The molecule has 2 amide bonds. The number of hydrogen-bond acceptors (Lipinski definition) is 3. The van der Waals surface area contributed by atoms with Gasteiger partial charge in [0, 0.05) is 31.7 Å². The lowest BCUT2D eigenvalue weighted by Crippen LogP contribution is -2.38. The number of thioether (sulfide) groups is 1. The van der Waals surface area contributed by atoms with Crippen LogP contribution in [0.2, 0.25) is 0 Å². The average molecular weight is 627 g/mol. The first-order chi connectivity index (χ1) is 21.6. The lowest BCUT2D eigenvalue weighted by atomic mass is 9.84. The molecule has 3 aromatic rings. The van der Waals surface area contributed by atoms with Gasteiger partial charge in [-0.05, 0) is 53.7 Å². The smallest absolute Gasteiger partial charge is 0.225 e. The van der Waals surface area contributed by atoms with Gasteiger partial charge in [-0.3, -0.25) is 9.59 Å². The summed E-state index contributed by atoms with van der Waals surface area (Å²) in [5.74, 6) is 2.19. The summed E-state index contributed by atoms with van der Waals surface area (Å²) >= 11 is 1.84. The number of amides is 2. The molecule has 0 heterocycles. The Morgan fingerprint density at radius 3 is 1.78 bits per heavy atom. The van der Waals surface area contributed by atoms with Crippen molar-refractivity contribution in [2.24, 2.45) is 23.7 Å². The van der Waals surface area contributed by atoms with Crippen LogP contribution in [0.5, 0.6) is 0 Å². The second-order valence-electron chi connectivity index (χ2n) is 12.9. The maximum atomic E-state index is 13.3. The minimum absolute atomic E-state index is 0.0659. The molecule has 5 atom stereocenters. The fraction of sp³-hybridized carbons (Fsp3) is 0.450. The van der Waals surface area contributed by atoms with Crippen molar-refractivity contribution in [2.45, 2.75) is 71.1 Å². The summed E-state index contributed by atoms with van der Waals surface area (Å²) < 4.78 is -0.443. The summed E-state index contributed by atoms with van der Waals surface area (Å²) in [6.07, 6.45) is 5.23. The monoisotopic (exact) mass is 626 g/mol. The van der Waals surface area contributed by atoms with Gasteiger partial charge in [0.15, 0.2) is 0 Å². The van der Waals surface area contributed by atoms with Gasteiger partial charge in [0.1, 0.15) is 0 Å². The Labute approximate surface area is 277 Å². The molecule has 0 fully saturated rings. The Hall–Kier alpha value is -3.31. The van der Waals surface area contributed by atoms with Gasteiger partial charge in [0.2, 0.25) is 11.8 Å². The predicted molar refractivity (Wildman–Crippen MR) is 192 cm³/mol. The molecule has 0 unspecified atom stereocenters. The van der Waals surface area contributed by atoms with E-state index in [0.29, 0.717) is 24.0 Å². The molecule has 3 rings (SSSR count). The second kappa shape index (κ2) is 18.0. The summed E-state index contributed by atoms with van der Waals surface area (Å²) in [6.45, 7) is 15.6. The molecule has 0 spiro atoms. The Balaban J connectivity index is 1.64. The first-order valence-corrected chi connectivity index (χ1v) is 17.6. The van der Waals surface area contributed by atoms with Gasteiger partial charge in [0.05, 0.1) is 10.8 Å². The minimum Gasteiger partial charge on any atom is -0.349 e. The van der Waals surface area contributed by atoms with Gasteiger partial charge in [-0.1, -0.05) is 132 Å². The van der Waals surface area contributed by atoms with Crippen LogP contribution in [0, 0.1) is 23.7 Å². The lowest BCUT2D eigenvalue weighted by Gasteiger charge is -2.36. The number of nitrogens with one attached hydrogen (secondary N) is 1. The number of hydrogen-bond donors (Lipinski definition) is 1. The number of carbonyl (C=O) groups excluding carboxylic acids is 2. The highest BCUT2D eigenvalue weighted by atomic mass is 32.2. The minimum atomic E-state index is -0.443. The van der Waals surface area contributed by atoms with Crippen LogP contribution in [0.1, 0.15) is 77.0 Å². The zero-order valence-corrected chi connectivity index (χ0v) is 29.1. The molecule has 0 bridgehead atoms. The van der Waals surface area contributed by atoms with Crippen LogP contribution in [0.15, 0.2) is 104 Å². The Morgan fingerprint density at radius 1 is 0.844 bits per heavy atom. The molecule has 0 saturated heterocycles. The fourth-order valence-electron chi connectivity index (χ4n) is 5.97. The first-order valence-electron chi connectivity index (χ1n) is 16.6. The topological polar surface area (TPSA) is 49.4 Å². The number of nitrogens with zero attached hydrogens (tertiary/aromatic N) is 1. The third-order valence-corrected chi connectivity index (χ3v) is 10.9. The fourth-order valence-corrected chi connectivity index (χ4v) is 7.53. The van der Waals surface area contributed by atoms with Crippen molar-refractivity contribution in [3.05, 3.63) is 120 Å². The van der Waals surface area contributed by atoms with Gasteiger partial charge >= 0.3 is 0 Å². The molecule has 1 N–H and O–H groups in total. The van der Waals surface area contributed by atoms with Gasteiger partial charge in [-0.15, -0.1) is 18.3 Å². The van der Waals surface area contributed by atoms with Crippen molar-refractivity contribution in [2.75, 3.05) is 19.3 Å². The van der Waals surface area contributed by atoms with E-state index in [-0.39, 0.29) is 29.7 Å². The van der Waals surface area contributed by atoms with E-state index < -0.39 is 4.75 Å². The molecule has 5 heteroatoms. The number of carbonyl (C=O) groups is 2. The van der Waals surface area contributed by atoms with Crippen molar-refractivity contribution in [3.8, 4) is 0 Å². The van der Waals surface area contributed by atoms with E-state index in [1.165, 1.54) is 16.7 Å². The normalized spacial score (nSPS) is 14.9. The molecule has 0 aromatic heterocycles. The quantitative estimate of drug-likeness (QED) is 0.113. The van der Waals surface area contributed by atoms with Crippen molar-refractivity contribution in [1.82, 2.24) is 10.2 Å². The highest BCUT2D eigenvalue weighted by molar-refractivity contribution is 8.00. The van der Waals surface area contributed by atoms with Gasteiger partial charge in [-0.2, -0.15) is 0 Å². The molecule has 0 aliphatic heterocycles. The van der Waals surface area contributed by atoms with Crippen LogP contribution in [0.3, 0.4) is 0 Å². The molecule has 3 aromatic carbocycles. The molecule has 0 radical (unpaired) electrons. The molecule has 0 saturated carbocycles. The van der Waals surface area contributed by atoms with Crippen molar-refractivity contribution in [1.29, 1.82) is 0 Å². The molecular formula is C40H54N2O2S. The molecule has 0 aliphatic carbocycles. The lowest BCUT2D eigenvalue weighted by molar-refractivity contribution is -0.134. The summed E-state index contributed by atoms with van der Waals surface area (Å²) in [6, 6.07) is 31.7. The van der Waals surface area contributed by atoms with E-state index in [4.69, 9.17) is 0 Å². The van der Waals surface area contributed by atoms with Crippen molar-refractivity contribution >= 4 is 23.6 Å². The van der Waals surface area contributed by atoms with E-state index in [2.05, 4.69) is 131 Å². The third-order valence-electron chi connectivity index (χ3n) is 9.27. The molecule has 0 aliphatic rings. The van der Waals surface area contributed by atoms with Gasteiger partial charge in [0.25, 0.3) is 0 Å². The molecule has 242 valence electrons. The summed E-state index contributed by atoms with van der Waals surface area (Å²) in [7, 11) is 1.91. The van der Waals surface area contributed by atoms with E-state index in [9.17, 15) is 9.59 Å². The van der Waals surface area contributed by atoms with Crippen LogP contribution in [-0.4, -0.2) is 42.1 Å². The zero-order chi connectivity index (χ0) is 32.8. The maximum Gasteiger partial charge on any atom is 0.225 e. The van der Waals surface area contributed by atoms with Gasteiger partial charge < -0.3 is 10.2 Å². The highest BCUT2D eigenvalue weighted by Gasteiger charge is 2.37. The van der Waals surface area contributed by atoms with Crippen LogP contribution in [-0.2, 0) is 14.3 Å². The molecule has 4 nitrogen and oxygen atoms in total. The molecule has 45 heavy (non-hydrogen) atoms. The van der Waals surface area contributed by atoms with Crippen molar-refractivity contribution < 1.29 is 9.59 Å².